The summed E-state index contributed by atoms with van der Waals surface area (Å²) in [5.74, 6) is 0. The molecule has 20 heavy (non-hydrogen) atoms. The molecule has 2 unspecified atom stereocenters. The van der Waals surface area contributed by atoms with E-state index in [1.165, 1.54) is 6.07 Å². The molecule has 2 rings (SSSR count). The van der Waals surface area contributed by atoms with Gasteiger partial charge in [0, 0.05) is 25.2 Å². The highest BCUT2D eigenvalue weighted by atomic mass is 16.6. The first-order chi connectivity index (χ1) is 9.67. The number of morpholine rings is 1. The Morgan fingerprint density at radius 3 is 3.00 bits per heavy atom. The van der Waals surface area contributed by atoms with Crippen LogP contribution in [0.2, 0.25) is 0 Å². The van der Waals surface area contributed by atoms with Crippen molar-refractivity contribution in [3.63, 3.8) is 0 Å². The Hall–Kier alpha value is -1.50. The van der Waals surface area contributed by atoms with Gasteiger partial charge in [-0.2, -0.15) is 0 Å². The number of benzene rings is 1. The summed E-state index contributed by atoms with van der Waals surface area (Å²) in [4.78, 5) is 12.9. The van der Waals surface area contributed by atoms with Crippen molar-refractivity contribution >= 4 is 5.69 Å². The molecule has 1 saturated heterocycles. The molecule has 1 fully saturated rings. The van der Waals surface area contributed by atoms with Crippen LogP contribution in [0.25, 0.3) is 0 Å². The van der Waals surface area contributed by atoms with Gasteiger partial charge in [0.2, 0.25) is 0 Å². The largest absolute Gasteiger partial charge is 0.374 e. The molecule has 0 aliphatic carbocycles. The van der Waals surface area contributed by atoms with E-state index in [-0.39, 0.29) is 22.8 Å². The van der Waals surface area contributed by atoms with Crippen LogP contribution in [-0.4, -0.2) is 49.2 Å². The third kappa shape index (κ3) is 3.15. The Bertz CT molecular complexity index is 465. The lowest BCUT2D eigenvalue weighted by Crippen LogP contribution is -2.48. The van der Waals surface area contributed by atoms with Crippen LogP contribution in [0.15, 0.2) is 24.3 Å². The number of rotatable bonds is 5. The van der Waals surface area contributed by atoms with Crippen LogP contribution in [-0.2, 0) is 4.74 Å². The van der Waals surface area contributed by atoms with Gasteiger partial charge < -0.3 is 10.1 Å². The fourth-order valence-corrected chi connectivity index (χ4v) is 2.76. The van der Waals surface area contributed by atoms with Crippen LogP contribution in [0.5, 0.6) is 0 Å². The van der Waals surface area contributed by atoms with Crippen LogP contribution < -0.4 is 5.32 Å². The molecular weight excluding hydrogens is 258 g/mol. The van der Waals surface area contributed by atoms with Gasteiger partial charge in [0.05, 0.1) is 23.7 Å². The molecule has 110 valence electrons. The molecular formula is C14H21N3O3. The number of nitro benzene ring substituents is 1. The van der Waals surface area contributed by atoms with E-state index in [1.54, 1.807) is 12.1 Å². The standard InChI is InChI=1S/C14H21N3O3/c1-3-16-7-8-20-13(10-15-2)14(16)11-5-4-6-12(9-11)17(18)19/h4-6,9,13-15H,3,7-8,10H2,1-2H3. The van der Waals surface area contributed by atoms with Crippen molar-refractivity contribution in [2.75, 3.05) is 33.3 Å². The summed E-state index contributed by atoms with van der Waals surface area (Å²) in [5, 5.41) is 14.1. The van der Waals surface area contributed by atoms with Gasteiger partial charge >= 0.3 is 0 Å². The summed E-state index contributed by atoms with van der Waals surface area (Å²) in [6.45, 7) is 5.28. The lowest BCUT2D eigenvalue weighted by atomic mass is 9.97. The van der Waals surface area contributed by atoms with E-state index in [4.69, 9.17) is 4.74 Å². The van der Waals surface area contributed by atoms with Crippen molar-refractivity contribution in [1.82, 2.24) is 10.2 Å². The molecule has 0 radical (unpaired) electrons. The minimum Gasteiger partial charge on any atom is -0.374 e. The number of ether oxygens (including phenoxy) is 1. The molecule has 1 aliphatic rings. The maximum atomic E-state index is 10.9. The number of non-ortho nitro benzene ring substituents is 1. The Balaban J connectivity index is 2.32. The van der Waals surface area contributed by atoms with Gasteiger partial charge in [-0.15, -0.1) is 0 Å². The first-order valence-corrected chi connectivity index (χ1v) is 6.92. The van der Waals surface area contributed by atoms with Crippen LogP contribution in [0.4, 0.5) is 5.69 Å². The second-order valence-corrected chi connectivity index (χ2v) is 4.89. The summed E-state index contributed by atoms with van der Waals surface area (Å²) in [6, 6.07) is 6.92. The molecule has 1 N–H and O–H groups in total. The van der Waals surface area contributed by atoms with Crippen molar-refractivity contribution in [3.8, 4) is 0 Å². The highest BCUT2D eigenvalue weighted by Crippen LogP contribution is 2.31. The van der Waals surface area contributed by atoms with Gasteiger partial charge in [-0.3, -0.25) is 15.0 Å². The monoisotopic (exact) mass is 279 g/mol. The second kappa shape index (κ2) is 6.78. The highest BCUT2D eigenvalue weighted by Gasteiger charge is 2.32. The zero-order valence-electron chi connectivity index (χ0n) is 11.9. The van der Waals surface area contributed by atoms with Crippen molar-refractivity contribution in [2.24, 2.45) is 0 Å². The minimum absolute atomic E-state index is 0.00991. The Labute approximate surface area is 118 Å². The van der Waals surface area contributed by atoms with E-state index < -0.39 is 0 Å². The third-order valence-electron chi connectivity index (χ3n) is 3.69. The van der Waals surface area contributed by atoms with Gasteiger partial charge in [0.1, 0.15) is 0 Å². The lowest BCUT2D eigenvalue weighted by Gasteiger charge is -2.41. The van der Waals surface area contributed by atoms with Crippen LogP contribution in [0.1, 0.15) is 18.5 Å². The van der Waals surface area contributed by atoms with E-state index in [9.17, 15) is 10.1 Å². The van der Waals surface area contributed by atoms with Gasteiger partial charge in [0.25, 0.3) is 5.69 Å². The Kier molecular flexibility index (Phi) is 5.05. The second-order valence-electron chi connectivity index (χ2n) is 4.89. The summed E-state index contributed by atoms with van der Waals surface area (Å²) < 4.78 is 5.84. The number of nitrogens with one attached hydrogen (secondary N) is 1. The molecule has 0 amide bonds. The summed E-state index contributed by atoms with van der Waals surface area (Å²) in [7, 11) is 1.89. The summed E-state index contributed by atoms with van der Waals surface area (Å²) in [6.07, 6.45) is 0.00991. The van der Waals surface area contributed by atoms with Crippen molar-refractivity contribution in [3.05, 3.63) is 39.9 Å². The van der Waals surface area contributed by atoms with E-state index in [0.717, 1.165) is 25.2 Å². The fourth-order valence-electron chi connectivity index (χ4n) is 2.76. The fraction of sp³-hybridized carbons (Fsp3) is 0.571. The normalized spacial score (nSPS) is 23.7. The average Bonchev–Trinajstić information content (AvgIpc) is 2.47. The predicted molar refractivity (Wildman–Crippen MR) is 76.8 cm³/mol. The maximum absolute atomic E-state index is 10.9. The van der Waals surface area contributed by atoms with E-state index in [2.05, 4.69) is 17.1 Å². The number of hydrogen-bond donors (Lipinski definition) is 1. The first-order valence-electron chi connectivity index (χ1n) is 6.92. The molecule has 2 atom stereocenters. The number of nitro groups is 1. The number of likely N-dealkylation sites (N-methyl/N-ethyl adjacent to an activating group) is 2. The van der Waals surface area contributed by atoms with E-state index in [0.29, 0.717) is 6.61 Å². The van der Waals surface area contributed by atoms with E-state index in [1.807, 2.05) is 13.1 Å². The maximum Gasteiger partial charge on any atom is 0.269 e. The molecule has 6 nitrogen and oxygen atoms in total. The first kappa shape index (κ1) is 14.9. The molecule has 1 aromatic carbocycles. The zero-order valence-corrected chi connectivity index (χ0v) is 11.9. The quantitative estimate of drug-likeness (QED) is 0.654. The Morgan fingerprint density at radius 2 is 2.35 bits per heavy atom. The predicted octanol–water partition coefficient (Wildman–Crippen LogP) is 1.58. The molecule has 0 saturated carbocycles. The van der Waals surface area contributed by atoms with Gasteiger partial charge in [0.15, 0.2) is 0 Å². The summed E-state index contributed by atoms with van der Waals surface area (Å²) in [5.41, 5.74) is 1.08. The number of hydrogen-bond acceptors (Lipinski definition) is 5. The van der Waals surface area contributed by atoms with Crippen molar-refractivity contribution in [1.29, 1.82) is 0 Å². The van der Waals surface area contributed by atoms with Crippen LogP contribution >= 0.6 is 0 Å². The molecule has 1 aliphatic heterocycles. The lowest BCUT2D eigenvalue weighted by molar-refractivity contribution is -0.385. The molecule has 0 spiro atoms. The van der Waals surface area contributed by atoms with E-state index >= 15 is 0 Å². The third-order valence-corrected chi connectivity index (χ3v) is 3.69. The molecule has 1 heterocycles. The summed E-state index contributed by atoms with van der Waals surface area (Å²) >= 11 is 0. The van der Waals surface area contributed by atoms with Crippen LogP contribution in [0.3, 0.4) is 0 Å². The average molecular weight is 279 g/mol. The van der Waals surface area contributed by atoms with Crippen molar-refractivity contribution in [2.45, 2.75) is 19.1 Å². The highest BCUT2D eigenvalue weighted by molar-refractivity contribution is 5.36. The number of nitrogens with zero attached hydrogens (tertiary/aromatic N) is 2. The van der Waals surface area contributed by atoms with Gasteiger partial charge in [-0.05, 0) is 19.2 Å². The smallest absolute Gasteiger partial charge is 0.269 e. The SMILES string of the molecule is CCN1CCOC(CNC)C1c1cccc([N+](=O)[O-])c1. The van der Waals surface area contributed by atoms with Gasteiger partial charge in [-0.25, -0.2) is 0 Å². The Morgan fingerprint density at radius 1 is 1.55 bits per heavy atom. The molecule has 0 aromatic heterocycles. The van der Waals surface area contributed by atoms with Crippen LogP contribution in [0, 0.1) is 10.1 Å². The van der Waals surface area contributed by atoms with Crippen molar-refractivity contribution < 1.29 is 9.66 Å². The molecule has 1 aromatic rings. The van der Waals surface area contributed by atoms with Gasteiger partial charge in [-0.1, -0.05) is 19.1 Å². The topological polar surface area (TPSA) is 67.6 Å². The molecule has 0 bridgehead atoms. The molecule has 6 heteroatoms. The zero-order chi connectivity index (χ0) is 14.5. The minimum atomic E-state index is -0.351.